The first-order valence-corrected chi connectivity index (χ1v) is 7.49. The Morgan fingerprint density at radius 2 is 1.94 bits per heavy atom. The number of benzene rings is 1. The van der Waals surface area contributed by atoms with E-state index < -0.39 is 0 Å². The number of rotatable bonds is 3. The summed E-state index contributed by atoms with van der Waals surface area (Å²) in [5.74, 6) is 0.901. The lowest BCUT2D eigenvalue weighted by Crippen LogP contribution is -2.42. The van der Waals surface area contributed by atoms with E-state index in [1.165, 1.54) is 24.8 Å². The van der Waals surface area contributed by atoms with Gasteiger partial charge < -0.3 is 4.74 Å². The Kier molecular flexibility index (Phi) is 4.68. The van der Waals surface area contributed by atoms with Crippen LogP contribution in [-0.2, 0) is 6.54 Å². The zero-order valence-corrected chi connectivity index (χ0v) is 13.0. The molecule has 3 heteroatoms. The molecule has 0 amide bonds. The Morgan fingerprint density at radius 3 is 2.50 bits per heavy atom. The van der Waals surface area contributed by atoms with E-state index in [1.54, 1.807) is 7.11 Å². The summed E-state index contributed by atoms with van der Waals surface area (Å²) in [5, 5.41) is 0. The van der Waals surface area contributed by atoms with Crippen LogP contribution in [0.15, 0.2) is 22.7 Å². The van der Waals surface area contributed by atoms with E-state index in [4.69, 9.17) is 4.74 Å². The maximum Gasteiger partial charge on any atom is 0.133 e. The number of ether oxygens (including phenoxy) is 1. The van der Waals surface area contributed by atoms with Gasteiger partial charge in [-0.2, -0.15) is 0 Å². The molecule has 1 aromatic carbocycles. The summed E-state index contributed by atoms with van der Waals surface area (Å²) in [7, 11) is 1.70. The maximum absolute atomic E-state index is 5.27. The predicted molar refractivity (Wildman–Crippen MR) is 79.0 cm³/mol. The number of methoxy groups -OCH3 is 1. The van der Waals surface area contributed by atoms with Gasteiger partial charge in [-0.05, 0) is 60.3 Å². The van der Waals surface area contributed by atoms with Crippen molar-refractivity contribution >= 4 is 15.9 Å². The number of piperidine rings is 1. The first kappa shape index (κ1) is 13.9. The number of hydrogen-bond donors (Lipinski definition) is 0. The molecule has 0 aromatic heterocycles. The molecular weight excluding hydrogens is 290 g/mol. The molecule has 1 heterocycles. The number of hydrogen-bond acceptors (Lipinski definition) is 2. The van der Waals surface area contributed by atoms with Crippen molar-refractivity contribution in [3.05, 3.63) is 28.2 Å². The van der Waals surface area contributed by atoms with Crippen LogP contribution in [0.1, 0.15) is 38.7 Å². The van der Waals surface area contributed by atoms with Crippen LogP contribution in [0.25, 0.3) is 0 Å². The van der Waals surface area contributed by atoms with Crippen LogP contribution < -0.4 is 4.74 Å². The third kappa shape index (κ3) is 3.07. The van der Waals surface area contributed by atoms with Crippen molar-refractivity contribution < 1.29 is 4.74 Å². The minimum absolute atomic E-state index is 0.689. The molecule has 0 bridgehead atoms. The van der Waals surface area contributed by atoms with Crippen molar-refractivity contribution in [2.45, 2.75) is 51.7 Å². The molecular formula is C15H22BrNO. The highest BCUT2D eigenvalue weighted by atomic mass is 79.9. The van der Waals surface area contributed by atoms with Gasteiger partial charge in [-0.3, -0.25) is 4.90 Å². The molecule has 1 saturated heterocycles. The minimum atomic E-state index is 0.689. The fourth-order valence-corrected chi connectivity index (χ4v) is 3.39. The van der Waals surface area contributed by atoms with E-state index in [0.717, 1.165) is 16.8 Å². The third-order valence-corrected chi connectivity index (χ3v) is 4.58. The van der Waals surface area contributed by atoms with Gasteiger partial charge >= 0.3 is 0 Å². The van der Waals surface area contributed by atoms with Crippen LogP contribution in [0.4, 0.5) is 0 Å². The van der Waals surface area contributed by atoms with Crippen LogP contribution >= 0.6 is 15.9 Å². The third-order valence-electron chi connectivity index (χ3n) is 3.96. The van der Waals surface area contributed by atoms with Crippen molar-refractivity contribution in [1.82, 2.24) is 4.90 Å². The molecule has 0 saturated carbocycles. The normalized spacial score (nSPS) is 25.1. The van der Waals surface area contributed by atoms with Gasteiger partial charge in [0, 0.05) is 18.6 Å². The Labute approximate surface area is 118 Å². The number of nitrogens with zero attached hydrogens (tertiary/aromatic N) is 1. The highest BCUT2D eigenvalue weighted by Gasteiger charge is 2.24. The lowest BCUT2D eigenvalue weighted by molar-refractivity contribution is 0.0952. The minimum Gasteiger partial charge on any atom is -0.496 e. The second-order valence-electron chi connectivity index (χ2n) is 5.27. The van der Waals surface area contributed by atoms with Crippen molar-refractivity contribution in [2.24, 2.45) is 0 Å². The van der Waals surface area contributed by atoms with Gasteiger partial charge in [0.05, 0.1) is 11.6 Å². The van der Waals surface area contributed by atoms with Gasteiger partial charge in [0.15, 0.2) is 0 Å². The van der Waals surface area contributed by atoms with Gasteiger partial charge in [-0.15, -0.1) is 0 Å². The molecule has 1 aliphatic heterocycles. The molecule has 100 valence electrons. The molecule has 2 unspecified atom stereocenters. The SMILES string of the molecule is COc1ccc(CN2C(C)CCCC2C)cc1Br. The first-order valence-electron chi connectivity index (χ1n) is 6.70. The zero-order valence-electron chi connectivity index (χ0n) is 11.4. The van der Waals surface area contributed by atoms with Crippen molar-refractivity contribution in [3.8, 4) is 5.75 Å². The Morgan fingerprint density at radius 1 is 1.28 bits per heavy atom. The van der Waals surface area contributed by atoms with Crippen LogP contribution in [0.3, 0.4) is 0 Å². The fraction of sp³-hybridized carbons (Fsp3) is 0.600. The predicted octanol–water partition coefficient (Wildman–Crippen LogP) is 4.22. The summed E-state index contributed by atoms with van der Waals surface area (Å²) in [6.45, 7) is 5.72. The van der Waals surface area contributed by atoms with Crippen LogP contribution in [-0.4, -0.2) is 24.1 Å². The summed E-state index contributed by atoms with van der Waals surface area (Å²) in [4.78, 5) is 2.61. The van der Waals surface area contributed by atoms with E-state index in [0.29, 0.717) is 12.1 Å². The summed E-state index contributed by atoms with van der Waals surface area (Å²) in [6.07, 6.45) is 4.01. The molecule has 1 aromatic rings. The van der Waals surface area contributed by atoms with Gasteiger partial charge in [-0.1, -0.05) is 12.5 Å². The van der Waals surface area contributed by atoms with E-state index in [2.05, 4.69) is 46.8 Å². The molecule has 1 fully saturated rings. The molecule has 1 aliphatic rings. The van der Waals surface area contributed by atoms with Gasteiger partial charge in [0.25, 0.3) is 0 Å². The monoisotopic (exact) mass is 311 g/mol. The molecule has 0 N–H and O–H groups in total. The molecule has 2 nitrogen and oxygen atoms in total. The highest BCUT2D eigenvalue weighted by molar-refractivity contribution is 9.10. The molecule has 0 radical (unpaired) electrons. The standard InChI is InChI=1S/C15H22BrNO/c1-11-5-4-6-12(2)17(11)10-13-7-8-15(18-3)14(16)9-13/h7-9,11-12H,4-6,10H2,1-3H3. The van der Waals surface area contributed by atoms with Crippen molar-refractivity contribution in [1.29, 1.82) is 0 Å². The van der Waals surface area contributed by atoms with Gasteiger partial charge in [-0.25, -0.2) is 0 Å². The van der Waals surface area contributed by atoms with Crippen LogP contribution in [0.2, 0.25) is 0 Å². The summed E-state index contributed by atoms with van der Waals surface area (Å²) < 4.78 is 6.31. The highest BCUT2D eigenvalue weighted by Crippen LogP contribution is 2.29. The van der Waals surface area contributed by atoms with E-state index in [-0.39, 0.29) is 0 Å². The zero-order chi connectivity index (χ0) is 13.1. The summed E-state index contributed by atoms with van der Waals surface area (Å²) in [5.41, 5.74) is 1.35. The number of likely N-dealkylation sites (tertiary alicyclic amines) is 1. The number of halogens is 1. The van der Waals surface area contributed by atoms with Gasteiger partial charge in [0.1, 0.15) is 5.75 Å². The lowest BCUT2D eigenvalue weighted by atomic mass is 9.97. The van der Waals surface area contributed by atoms with Gasteiger partial charge in [0.2, 0.25) is 0 Å². The largest absolute Gasteiger partial charge is 0.496 e. The lowest BCUT2D eigenvalue weighted by Gasteiger charge is -2.39. The van der Waals surface area contributed by atoms with E-state index in [1.807, 2.05) is 6.07 Å². The maximum atomic E-state index is 5.27. The Bertz CT molecular complexity index is 397. The van der Waals surface area contributed by atoms with Crippen LogP contribution in [0.5, 0.6) is 5.75 Å². The van der Waals surface area contributed by atoms with E-state index in [9.17, 15) is 0 Å². The topological polar surface area (TPSA) is 12.5 Å². The summed E-state index contributed by atoms with van der Waals surface area (Å²) >= 11 is 3.56. The first-order chi connectivity index (χ1) is 8.61. The van der Waals surface area contributed by atoms with Crippen molar-refractivity contribution in [3.63, 3.8) is 0 Å². The molecule has 2 atom stereocenters. The second kappa shape index (κ2) is 6.07. The molecule has 0 aliphatic carbocycles. The quantitative estimate of drug-likeness (QED) is 0.828. The average molecular weight is 312 g/mol. The fourth-order valence-electron chi connectivity index (χ4n) is 2.81. The van der Waals surface area contributed by atoms with E-state index >= 15 is 0 Å². The van der Waals surface area contributed by atoms with Crippen LogP contribution in [0, 0.1) is 0 Å². The molecule has 0 spiro atoms. The molecule has 2 rings (SSSR count). The Hall–Kier alpha value is -0.540. The summed E-state index contributed by atoms with van der Waals surface area (Å²) in [6, 6.07) is 7.76. The van der Waals surface area contributed by atoms with Crippen molar-refractivity contribution in [2.75, 3.05) is 7.11 Å². The Balaban J connectivity index is 2.10. The molecule has 18 heavy (non-hydrogen) atoms. The second-order valence-corrected chi connectivity index (χ2v) is 6.12. The smallest absolute Gasteiger partial charge is 0.133 e. The average Bonchev–Trinajstić information content (AvgIpc) is 2.34.